The molecular formula is C9H11ClN2O4S. The predicted octanol–water partition coefficient (Wildman–Crippen LogP) is 1.10. The summed E-state index contributed by atoms with van der Waals surface area (Å²) in [5.74, 6) is -0.670. The lowest BCUT2D eigenvalue weighted by atomic mass is 10.3. The third-order valence-corrected chi connectivity index (χ3v) is 2.86. The van der Waals surface area contributed by atoms with E-state index in [4.69, 9.17) is 16.3 Å². The van der Waals surface area contributed by atoms with Gasteiger partial charge in [-0.05, 0) is 6.42 Å². The lowest BCUT2D eigenvalue weighted by Crippen LogP contribution is -2.11. The van der Waals surface area contributed by atoms with E-state index >= 15 is 0 Å². The quantitative estimate of drug-likeness (QED) is 0.466. The van der Waals surface area contributed by atoms with Gasteiger partial charge in [-0.3, -0.25) is 0 Å². The van der Waals surface area contributed by atoms with Crippen LogP contribution >= 0.6 is 11.6 Å². The van der Waals surface area contributed by atoms with Crippen LogP contribution in [0.25, 0.3) is 0 Å². The zero-order chi connectivity index (χ0) is 13.1. The molecule has 0 fully saturated rings. The summed E-state index contributed by atoms with van der Waals surface area (Å²) < 4.78 is 27.1. The number of sulfone groups is 1. The van der Waals surface area contributed by atoms with Gasteiger partial charge in [-0.1, -0.05) is 18.5 Å². The SMILES string of the molecule is CCCOC(=O)c1cnc(S(C)(=O)=O)nc1Cl. The zero-order valence-corrected chi connectivity index (χ0v) is 10.9. The van der Waals surface area contributed by atoms with Crippen molar-refractivity contribution in [2.45, 2.75) is 18.5 Å². The second-order valence-corrected chi connectivity index (χ2v) is 5.53. The summed E-state index contributed by atoms with van der Waals surface area (Å²) in [6, 6.07) is 0. The Bertz CT molecular complexity index is 530. The fourth-order valence-corrected chi connectivity index (χ4v) is 1.69. The van der Waals surface area contributed by atoms with Crippen molar-refractivity contribution in [1.82, 2.24) is 9.97 Å². The Hall–Kier alpha value is -1.21. The molecule has 0 aliphatic rings. The minimum absolute atomic E-state index is 0.0486. The van der Waals surface area contributed by atoms with Crippen molar-refractivity contribution in [2.75, 3.05) is 12.9 Å². The molecule has 0 aliphatic heterocycles. The molecule has 0 bridgehead atoms. The first-order chi connectivity index (χ1) is 7.86. The van der Waals surface area contributed by atoms with E-state index in [1.165, 1.54) is 0 Å². The highest BCUT2D eigenvalue weighted by Crippen LogP contribution is 2.15. The van der Waals surface area contributed by atoms with Crippen LogP contribution in [0, 0.1) is 0 Å². The molecule has 0 aliphatic carbocycles. The standard InChI is InChI=1S/C9H11ClN2O4S/c1-3-4-16-8(13)6-5-11-9(12-7(6)10)17(2,14)15/h5H,3-4H2,1-2H3. The van der Waals surface area contributed by atoms with Crippen LogP contribution < -0.4 is 0 Å². The first-order valence-corrected chi connectivity index (χ1v) is 7.03. The fourth-order valence-electron chi connectivity index (χ4n) is 0.934. The highest BCUT2D eigenvalue weighted by Gasteiger charge is 2.18. The zero-order valence-electron chi connectivity index (χ0n) is 9.31. The molecular weight excluding hydrogens is 268 g/mol. The first-order valence-electron chi connectivity index (χ1n) is 4.76. The van der Waals surface area contributed by atoms with Crippen LogP contribution in [0.15, 0.2) is 11.4 Å². The first kappa shape index (κ1) is 13.9. The molecule has 0 amide bonds. The maximum absolute atomic E-state index is 11.4. The molecule has 1 aromatic heterocycles. The summed E-state index contributed by atoms with van der Waals surface area (Å²) in [6.07, 6.45) is 2.67. The van der Waals surface area contributed by atoms with E-state index in [9.17, 15) is 13.2 Å². The van der Waals surface area contributed by atoms with Gasteiger partial charge in [0.25, 0.3) is 0 Å². The minimum atomic E-state index is -3.54. The van der Waals surface area contributed by atoms with E-state index in [0.29, 0.717) is 6.42 Å². The number of esters is 1. The van der Waals surface area contributed by atoms with Crippen LogP contribution in [0.2, 0.25) is 5.15 Å². The van der Waals surface area contributed by atoms with Gasteiger partial charge in [-0.2, -0.15) is 0 Å². The van der Waals surface area contributed by atoms with Crippen LogP contribution in [-0.2, 0) is 14.6 Å². The van der Waals surface area contributed by atoms with Gasteiger partial charge < -0.3 is 4.74 Å². The lowest BCUT2D eigenvalue weighted by molar-refractivity contribution is 0.0504. The molecule has 1 rings (SSSR count). The minimum Gasteiger partial charge on any atom is -0.462 e. The van der Waals surface area contributed by atoms with E-state index in [1.807, 2.05) is 6.92 Å². The van der Waals surface area contributed by atoms with Gasteiger partial charge in [-0.15, -0.1) is 0 Å². The molecule has 1 heterocycles. The summed E-state index contributed by atoms with van der Waals surface area (Å²) in [7, 11) is -3.54. The molecule has 0 aromatic carbocycles. The third kappa shape index (κ3) is 3.64. The van der Waals surface area contributed by atoms with Gasteiger partial charge in [0.05, 0.1) is 6.61 Å². The maximum atomic E-state index is 11.4. The predicted molar refractivity (Wildman–Crippen MR) is 60.7 cm³/mol. The van der Waals surface area contributed by atoms with E-state index in [1.54, 1.807) is 0 Å². The molecule has 0 N–H and O–H groups in total. The average molecular weight is 279 g/mol. The van der Waals surface area contributed by atoms with Crippen molar-refractivity contribution in [2.24, 2.45) is 0 Å². The van der Waals surface area contributed by atoms with Crippen molar-refractivity contribution in [1.29, 1.82) is 0 Å². The summed E-state index contributed by atoms with van der Waals surface area (Å²) in [5.41, 5.74) is -0.0486. The van der Waals surface area contributed by atoms with Crippen molar-refractivity contribution >= 4 is 27.4 Å². The average Bonchev–Trinajstić information content (AvgIpc) is 2.24. The topological polar surface area (TPSA) is 86.2 Å². The second-order valence-electron chi connectivity index (χ2n) is 3.27. The summed E-state index contributed by atoms with van der Waals surface area (Å²) in [5, 5.41) is -0.656. The summed E-state index contributed by atoms with van der Waals surface area (Å²) in [4.78, 5) is 18.5. The van der Waals surface area contributed by atoms with Crippen molar-refractivity contribution in [3.63, 3.8) is 0 Å². The highest BCUT2D eigenvalue weighted by atomic mass is 35.5. The van der Waals surface area contributed by atoms with Gasteiger partial charge in [-0.25, -0.2) is 23.2 Å². The van der Waals surface area contributed by atoms with Gasteiger partial charge in [0.1, 0.15) is 10.7 Å². The van der Waals surface area contributed by atoms with Crippen molar-refractivity contribution in [3.05, 3.63) is 16.9 Å². The molecule has 0 atom stereocenters. The molecule has 94 valence electrons. The van der Waals surface area contributed by atoms with Gasteiger partial charge in [0.15, 0.2) is 0 Å². The molecule has 6 nitrogen and oxygen atoms in total. The number of hydrogen-bond donors (Lipinski definition) is 0. The maximum Gasteiger partial charge on any atom is 0.342 e. The number of hydrogen-bond acceptors (Lipinski definition) is 6. The van der Waals surface area contributed by atoms with E-state index < -0.39 is 21.0 Å². The monoisotopic (exact) mass is 278 g/mol. The van der Waals surface area contributed by atoms with Crippen molar-refractivity contribution in [3.8, 4) is 0 Å². The van der Waals surface area contributed by atoms with E-state index in [0.717, 1.165) is 12.5 Å². The second kappa shape index (κ2) is 5.42. The molecule has 8 heteroatoms. The Morgan fingerprint density at radius 2 is 2.18 bits per heavy atom. The number of carbonyl (C=O) groups excluding carboxylic acids is 1. The number of carbonyl (C=O) groups is 1. The van der Waals surface area contributed by atoms with Gasteiger partial charge in [0, 0.05) is 12.5 Å². The highest BCUT2D eigenvalue weighted by molar-refractivity contribution is 7.90. The van der Waals surface area contributed by atoms with Gasteiger partial charge in [0.2, 0.25) is 15.0 Å². The normalized spacial score (nSPS) is 11.2. The number of nitrogens with zero attached hydrogens (tertiary/aromatic N) is 2. The van der Waals surface area contributed by atoms with Crippen molar-refractivity contribution < 1.29 is 17.9 Å². The summed E-state index contributed by atoms with van der Waals surface area (Å²) >= 11 is 5.69. The van der Waals surface area contributed by atoms with E-state index in [-0.39, 0.29) is 17.3 Å². The number of rotatable bonds is 4. The smallest absolute Gasteiger partial charge is 0.342 e. The van der Waals surface area contributed by atoms with Crippen LogP contribution in [0.5, 0.6) is 0 Å². The Balaban J connectivity index is 3.02. The Labute approximate surface area is 104 Å². The van der Waals surface area contributed by atoms with Crippen LogP contribution in [-0.4, -0.2) is 37.2 Å². The lowest BCUT2D eigenvalue weighted by Gasteiger charge is -2.04. The number of aromatic nitrogens is 2. The van der Waals surface area contributed by atoms with Crippen LogP contribution in [0.4, 0.5) is 0 Å². The molecule has 0 radical (unpaired) electrons. The fraction of sp³-hybridized carbons (Fsp3) is 0.444. The third-order valence-electron chi connectivity index (χ3n) is 1.71. The van der Waals surface area contributed by atoms with Crippen LogP contribution in [0.3, 0.4) is 0 Å². The Kier molecular flexibility index (Phi) is 4.41. The molecule has 17 heavy (non-hydrogen) atoms. The summed E-state index contributed by atoms with van der Waals surface area (Å²) in [6.45, 7) is 2.10. The molecule has 0 spiro atoms. The molecule has 0 unspecified atom stereocenters. The Morgan fingerprint density at radius 1 is 1.53 bits per heavy atom. The number of ether oxygens (including phenoxy) is 1. The molecule has 0 saturated heterocycles. The molecule has 0 saturated carbocycles. The number of halogens is 1. The van der Waals surface area contributed by atoms with E-state index in [2.05, 4.69) is 9.97 Å². The largest absolute Gasteiger partial charge is 0.462 e. The molecule has 1 aromatic rings. The Morgan fingerprint density at radius 3 is 2.65 bits per heavy atom. The van der Waals surface area contributed by atoms with Crippen LogP contribution in [0.1, 0.15) is 23.7 Å². The van der Waals surface area contributed by atoms with Gasteiger partial charge >= 0.3 is 5.97 Å².